The van der Waals surface area contributed by atoms with Crippen LogP contribution >= 0.6 is 23.1 Å². The molecule has 0 saturated heterocycles. The van der Waals surface area contributed by atoms with Crippen molar-refractivity contribution in [3.63, 3.8) is 0 Å². The Balaban J connectivity index is 1.23. The third kappa shape index (κ3) is 8.01. The van der Waals surface area contributed by atoms with Crippen LogP contribution in [0.1, 0.15) is 38.8 Å². The largest absolute Gasteiger partial charge is 0.465 e. The second kappa shape index (κ2) is 14.3. The summed E-state index contributed by atoms with van der Waals surface area (Å²) in [4.78, 5) is 42.8. The number of anilines is 2. The number of nitrogens with zero attached hydrogens (tertiary/aromatic N) is 1. The molecule has 0 saturated carbocycles. The van der Waals surface area contributed by atoms with Crippen molar-refractivity contribution in [3.05, 3.63) is 118 Å². The number of nitrogens with one attached hydrogen (secondary N) is 2. The summed E-state index contributed by atoms with van der Waals surface area (Å²) in [6.45, 7) is 4.17. The molecule has 2 heterocycles. The van der Waals surface area contributed by atoms with Crippen LogP contribution in [0.4, 0.5) is 10.7 Å². The Morgan fingerprint density at radius 3 is 2.49 bits per heavy atom. The third-order valence-electron chi connectivity index (χ3n) is 7.02. The molecule has 43 heavy (non-hydrogen) atoms. The molecule has 1 aliphatic heterocycles. The maximum atomic E-state index is 13.3. The highest BCUT2D eigenvalue weighted by Gasteiger charge is 2.30. The van der Waals surface area contributed by atoms with Crippen LogP contribution in [0.2, 0.25) is 0 Å². The van der Waals surface area contributed by atoms with E-state index in [2.05, 4.69) is 27.7 Å². The van der Waals surface area contributed by atoms with Crippen LogP contribution in [0.3, 0.4) is 0 Å². The third-order valence-corrected chi connectivity index (χ3v) is 9.25. The molecule has 3 aromatic carbocycles. The zero-order chi connectivity index (χ0) is 30.2. The lowest BCUT2D eigenvalue weighted by Gasteiger charge is -2.27. The lowest BCUT2D eigenvalue weighted by Crippen LogP contribution is -2.29. The summed E-state index contributed by atoms with van der Waals surface area (Å²) in [5.41, 5.74) is 4.23. The molecule has 220 valence electrons. The number of fused-ring (bicyclic) bond motifs is 1. The summed E-state index contributed by atoms with van der Waals surface area (Å²) in [5, 5.41) is 5.96. The van der Waals surface area contributed by atoms with Crippen molar-refractivity contribution in [2.75, 3.05) is 24.3 Å². The van der Waals surface area contributed by atoms with Gasteiger partial charge in [0, 0.05) is 41.2 Å². The number of ether oxygens (including phenoxy) is 1. The predicted molar refractivity (Wildman–Crippen MR) is 174 cm³/mol. The first-order valence-corrected chi connectivity index (χ1v) is 15.7. The fourth-order valence-corrected chi connectivity index (χ4v) is 7.08. The Hall–Kier alpha value is -4.18. The average Bonchev–Trinajstić information content (AvgIpc) is 3.37. The van der Waals surface area contributed by atoms with Gasteiger partial charge in [-0.15, -0.1) is 23.1 Å². The molecule has 4 aromatic rings. The monoisotopic (exact) mass is 611 g/mol. The van der Waals surface area contributed by atoms with E-state index >= 15 is 0 Å². The standard InChI is InChI=1S/C34H33N3O4S2/c1-23(42-27-15-9-14-26(20-27)35-30(38)17-16-24-10-5-3-6-11-24)32(39)36-33-31(34(40)41-2)28-18-19-37(22-29(28)43-33)21-25-12-7-4-8-13-25/h3-17,20,23H,18-19,21-22H2,1-2H3,(H,35,38)(H,36,39)/b17-16+. The molecule has 7 nitrogen and oxygen atoms in total. The molecule has 2 amide bonds. The second-order valence-corrected chi connectivity index (χ2v) is 12.7. The summed E-state index contributed by atoms with van der Waals surface area (Å²) in [5.74, 6) is -0.888. The van der Waals surface area contributed by atoms with Crippen molar-refractivity contribution in [2.45, 2.75) is 36.6 Å². The molecule has 1 atom stereocenters. The van der Waals surface area contributed by atoms with Crippen LogP contribution < -0.4 is 10.6 Å². The van der Waals surface area contributed by atoms with Crippen molar-refractivity contribution in [1.29, 1.82) is 0 Å². The zero-order valence-electron chi connectivity index (χ0n) is 24.0. The Morgan fingerprint density at radius 2 is 1.74 bits per heavy atom. The van der Waals surface area contributed by atoms with Crippen molar-refractivity contribution in [1.82, 2.24) is 4.90 Å². The predicted octanol–water partition coefficient (Wildman–Crippen LogP) is 6.86. The summed E-state index contributed by atoms with van der Waals surface area (Å²) in [7, 11) is 1.37. The van der Waals surface area contributed by atoms with Gasteiger partial charge in [-0.1, -0.05) is 66.7 Å². The van der Waals surface area contributed by atoms with Gasteiger partial charge < -0.3 is 15.4 Å². The number of hydrogen-bond donors (Lipinski definition) is 2. The van der Waals surface area contributed by atoms with Gasteiger partial charge in [0.25, 0.3) is 0 Å². The molecule has 0 bridgehead atoms. The highest BCUT2D eigenvalue weighted by Crippen LogP contribution is 2.38. The second-order valence-electron chi connectivity index (χ2n) is 10.2. The van der Waals surface area contributed by atoms with Crippen LogP contribution in [0.5, 0.6) is 0 Å². The normalized spacial score (nSPS) is 13.7. The minimum atomic E-state index is -0.455. The summed E-state index contributed by atoms with van der Waals surface area (Å²) >= 11 is 2.82. The Labute approximate surface area is 260 Å². The van der Waals surface area contributed by atoms with Crippen LogP contribution in [-0.2, 0) is 33.8 Å². The van der Waals surface area contributed by atoms with Crippen molar-refractivity contribution >= 4 is 57.6 Å². The molecule has 0 radical (unpaired) electrons. The quantitative estimate of drug-likeness (QED) is 0.116. The first-order valence-electron chi connectivity index (χ1n) is 14.0. The smallest absolute Gasteiger partial charge is 0.341 e. The van der Waals surface area contributed by atoms with E-state index in [4.69, 9.17) is 4.74 Å². The molecule has 0 spiro atoms. The topological polar surface area (TPSA) is 87.7 Å². The molecule has 0 fully saturated rings. The molecule has 1 aromatic heterocycles. The molecular weight excluding hydrogens is 579 g/mol. The van der Waals surface area contributed by atoms with Gasteiger partial charge in [0.15, 0.2) is 0 Å². The number of thiophene rings is 1. The Bertz CT molecular complexity index is 1620. The van der Waals surface area contributed by atoms with Crippen LogP contribution in [-0.4, -0.2) is 41.6 Å². The van der Waals surface area contributed by atoms with Crippen LogP contribution in [0.15, 0.2) is 95.9 Å². The highest BCUT2D eigenvalue weighted by atomic mass is 32.2. The van der Waals surface area contributed by atoms with Crippen molar-refractivity contribution in [3.8, 4) is 0 Å². The van der Waals surface area contributed by atoms with E-state index in [0.717, 1.165) is 34.0 Å². The van der Waals surface area contributed by atoms with E-state index in [0.29, 0.717) is 29.2 Å². The van der Waals surface area contributed by atoms with Gasteiger partial charge in [-0.05, 0) is 54.3 Å². The minimum Gasteiger partial charge on any atom is -0.465 e. The van der Waals surface area contributed by atoms with Gasteiger partial charge in [-0.2, -0.15) is 0 Å². The van der Waals surface area contributed by atoms with Gasteiger partial charge in [-0.3, -0.25) is 14.5 Å². The highest BCUT2D eigenvalue weighted by molar-refractivity contribution is 8.00. The molecule has 1 unspecified atom stereocenters. The number of rotatable bonds is 10. The van der Waals surface area contributed by atoms with E-state index in [9.17, 15) is 14.4 Å². The van der Waals surface area contributed by atoms with E-state index in [1.165, 1.54) is 41.8 Å². The average molecular weight is 612 g/mol. The summed E-state index contributed by atoms with van der Waals surface area (Å²) in [6, 6.07) is 27.3. The lowest BCUT2D eigenvalue weighted by atomic mass is 10.0. The number of carbonyl (C=O) groups excluding carboxylic acids is 3. The van der Waals surface area contributed by atoms with E-state index in [1.807, 2.05) is 79.7 Å². The zero-order valence-corrected chi connectivity index (χ0v) is 25.7. The van der Waals surface area contributed by atoms with Gasteiger partial charge in [0.05, 0.1) is 17.9 Å². The van der Waals surface area contributed by atoms with Crippen LogP contribution in [0.25, 0.3) is 6.08 Å². The minimum absolute atomic E-state index is 0.213. The number of benzene rings is 3. The van der Waals surface area contributed by atoms with Crippen molar-refractivity contribution in [2.24, 2.45) is 0 Å². The molecule has 0 aliphatic carbocycles. The van der Waals surface area contributed by atoms with Gasteiger partial charge in [0.1, 0.15) is 5.00 Å². The fourth-order valence-electron chi connectivity index (χ4n) is 4.88. The number of carbonyl (C=O) groups is 3. The van der Waals surface area contributed by atoms with E-state index < -0.39 is 11.2 Å². The molecule has 1 aliphatic rings. The Kier molecular flexibility index (Phi) is 10.1. The molecule has 9 heteroatoms. The summed E-state index contributed by atoms with van der Waals surface area (Å²) in [6.07, 6.45) is 3.96. The van der Waals surface area contributed by atoms with Gasteiger partial charge in [0.2, 0.25) is 11.8 Å². The van der Waals surface area contributed by atoms with Crippen LogP contribution in [0, 0.1) is 0 Å². The summed E-state index contributed by atoms with van der Waals surface area (Å²) < 4.78 is 5.11. The van der Waals surface area contributed by atoms with Gasteiger partial charge in [-0.25, -0.2) is 4.79 Å². The van der Waals surface area contributed by atoms with E-state index in [-0.39, 0.29) is 11.8 Å². The number of hydrogen-bond acceptors (Lipinski definition) is 7. The lowest BCUT2D eigenvalue weighted by molar-refractivity contribution is -0.115. The number of methoxy groups -OCH3 is 1. The van der Waals surface area contributed by atoms with E-state index in [1.54, 1.807) is 6.08 Å². The number of thioether (sulfide) groups is 1. The number of amides is 2. The maximum absolute atomic E-state index is 13.3. The molecular formula is C34H33N3O4S2. The number of esters is 1. The Morgan fingerprint density at radius 1 is 1.00 bits per heavy atom. The maximum Gasteiger partial charge on any atom is 0.341 e. The fraction of sp³-hybridized carbons (Fsp3) is 0.206. The molecule has 5 rings (SSSR count). The first kappa shape index (κ1) is 30.3. The SMILES string of the molecule is COC(=O)c1c(NC(=O)C(C)Sc2cccc(NC(=O)/C=C/c3ccccc3)c2)sc2c1CCN(Cc1ccccc1)C2. The van der Waals surface area contributed by atoms with Gasteiger partial charge >= 0.3 is 5.97 Å². The van der Waals surface area contributed by atoms with Crippen molar-refractivity contribution < 1.29 is 19.1 Å². The molecule has 2 N–H and O–H groups in total. The first-order chi connectivity index (χ1) is 20.9.